The minimum absolute atomic E-state index is 0.0545. The van der Waals surface area contributed by atoms with Crippen molar-refractivity contribution in [1.29, 1.82) is 0 Å². The summed E-state index contributed by atoms with van der Waals surface area (Å²) in [6, 6.07) is 2.13. The predicted molar refractivity (Wildman–Crippen MR) is 58.3 cm³/mol. The summed E-state index contributed by atoms with van der Waals surface area (Å²) in [7, 11) is 0. The van der Waals surface area contributed by atoms with Crippen LogP contribution in [0.15, 0.2) is 16.6 Å². The van der Waals surface area contributed by atoms with Gasteiger partial charge in [-0.3, -0.25) is 4.79 Å². The van der Waals surface area contributed by atoms with Gasteiger partial charge in [0.05, 0.1) is 5.56 Å². The first-order chi connectivity index (χ1) is 7.06. The molecular formula is C10H8BrClF2O. The average molecular weight is 298 g/mol. The number of benzene rings is 1. The van der Waals surface area contributed by atoms with E-state index in [1.807, 2.05) is 0 Å². The number of carbonyl (C=O) groups excluding carboxylic acids is 1. The number of hydrogen-bond donors (Lipinski definition) is 0. The molecule has 0 N–H and O–H groups in total. The van der Waals surface area contributed by atoms with Gasteiger partial charge in [-0.15, -0.1) is 11.6 Å². The van der Waals surface area contributed by atoms with E-state index >= 15 is 0 Å². The van der Waals surface area contributed by atoms with E-state index in [2.05, 4.69) is 15.9 Å². The first-order valence-corrected chi connectivity index (χ1v) is 5.62. The van der Waals surface area contributed by atoms with Gasteiger partial charge in [-0.05, 0) is 18.6 Å². The van der Waals surface area contributed by atoms with Crippen LogP contribution in [-0.4, -0.2) is 11.7 Å². The number of halogens is 4. The summed E-state index contributed by atoms with van der Waals surface area (Å²) < 4.78 is 26.8. The van der Waals surface area contributed by atoms with Gasteiger partial charge in [0.1, 0.15) is 11.6 Å². The van der Waals surface area contributed by atoms with Crippen molar-refractivity contribution in [2.45, 2.75) is 12.8 Å². The third-order valence-corrected chi connectivity index (χ3v) is 2.55. The van der Waals surface area contributed by atoms with Crippen molar-refractivity contribution in [3.63, 3.8) is 0 Å². The van der Waals surface area contributed by atoms with Crippen LogP contribution in [0.5, 0.6) is 0 Å². The van der Waals surface area contributed by atoms with Gasteiger partial charge in [0, 0.05) is 16.8 Å². The molecule has 1 nitrogen and oxygen atoms in total. The maximum Gasteiger partial charge on any atom is 0.168 e. The average Bonchev–Trinajstić information content (AvgIpc) is 2.12. The standard InChI is InChI=1S/C10H8BrClF2O/c11-6-4-7(13)10(8(14)5-6)9(15)2-1-3-12/h4-5H,1-3H2. The third kappa shape index (κ3) is 3.24. The lowest BCUT2D eigenvalue weighted by Gasteiger charge is -2.04. The second-order valence-electron chi connectivity index (χ2n) is 2.96. The Morgan fingerprint density at radius 2 is 1.87 bits per heavy atom. The summed E-state index contributed by atoms with van der Waals surface area (Å²) in [6.07, 6.45) is 0.467. The molecule has 0 unspecified atom stereocenters. The van der Waals surface area contributed by atoms with E-state index < -0.39 is 23.0 Å². The molecule has 0 fully saturated rings. The molecule has 0 aliphatic heterocycles. The van der Waals surface area contributed by atoms with Crippen molar-refractivity contribution in [3.8, 4) is 0 Å². The van der Waals surface area contributed by atoms with Crippen LogP contribution in [0, 0.1) is 11.6 Å². The topological polar surface area (TPSA) is 17.1 Å². The van der Waals surface area contributed by atoms with Crippen molar-refractivity contribution in [2.75, 3.05) is 5.88 Å². The van der Waals surface area contributed by atoms with E-state index in [-0.39, 0.29) is 10.9 Å². The van der Waals surface area contributed by atoms with Crippen LogP contribution in [0.4, 0.5) is 8.78 Å². The number of rotatable bonds is 4. The molecule has 0 aromatic heterocycles. The van der Waals surface area contributed by atoms with Crippen molar-refractivity contribution < 1.29 is 13.6 Å². The summed E-state index contributed by atoms with van der Waals surface area (Å²) in [4.78, 5) is 11.4. The lowest BCUT2D eigenvalue weighted by molar-refractivity contribution is 0.0973. The lowest BCUT2D eigenvalue weighted by Crippen LogP contribution is -2.06. The molecule has 0 bridgehead atoms. The van der Waals surface area contributed by atoms with Gasteiger partial charge in [-0.1, -0.05) is 15.9 Å². The van der Waals surface area contributed by atoms with Gasteiger partial charge in [0.25, 0.3) is 0 Å². The van der Waals surface area contributed by atoms with Crippen molar-refractivity contribution in [3.05, 3.63) is 33.8 Å². The molecule has 1 aromatic carbocycles. The zero-order valence-corrected chi connectivity index (χ0v) is 10.0. The summed E-state index contributed by atoms with van der Waals surface area (Å²) in [5, 5.41) is 0. The van der Waals surface area contributed by atoms with Crippen LogP contribution in [0.25, 0.3) is 0 Å². The molecule has 0 aliphatic carbocycles. The molecule has 0 saturated heterocycles. The molecule has 15 heavy (non-hydrogen) atoms. The predicted octanol–water partition coefficient (Wildman–Crippen LogP) is 3.93. The molecule has 0 spiro atoms. The Labute approximate surface area is 99.6 Å². The Hall–Kier alpha value is -0.480. The maximum atomic E-state index is 13.3. The first kappa shape index (κ1) is 12.6. The van der Waals surface area contributed by atoms with E-state index in [9.17, 15) is 13.6 Å². The molecule has 0 radical (unpaired) electrons. The van der Waals surface area contributed by atoms with Crippen LogP contribution in [0.2, 0.25) is 0 Å². The summed E-state index contributed by atoms with van der Waals surface area (Å²) >= 11 is 8.33. The number of alkyl halides is 1. The second kappa shape index (κ2) is 5.56. The fourth-order valence-electron chi connectivity index (χ4n) is 1.16. The highest BCUT2D eigenvalue weighted by atomic mass is 79.9. The molecular weight excluding hydrogens is 289 g/mol. The molecule has 1 rings (SSSR count). The van der Waals surface area contributed by atoms with E-state index in [0.29, 0.717) is 12.3 Å². The first-order valence-electron chi connectivity index (χ1n) is 4.30. The van der Waals surface area contributed by atoms with E-state index in [1.165, 1.54) is 0 Å². The lowest BCUT2D eigenvalue weighted by atomic mass is 10.1. The molecule has 0 amide bonds. The van der Waals surface area contributed by atoms with Crippen molar-refractivity contribution in [2.24, 2.45) is 0 Å². The van der Waals surface area contributed by atoms with Gasteiger partial charge in [0.15, 0.2) is 5.78 Å². The molecule has 5 heteroatoms. The molecule has 0 atom stereocenters. The van der Waals surface area contributed by atoms with Gasteiger partial charge in [0.2, 0.25) is 0 Å². The van der Waals surface area contributed by atoms with Crippen LogP contribution in [0.1, 0.15) is 23.2 Å². The smallest absolute Gasteiger partial charge is 0.168 e. The minimum atomic E-state index is -0.846. The Kier molecular flexibility index (Phi) is 4.67. The third-order valence-electron chi connectivity index (χ3n) is 1.82. The SMILES string of the molecule is O=C(CCCCl)c1c(F)cc(Br)cc1F. The van der Waals surface area contributed by atoms with E-state index in [1.54, 1.807) is 0 Å². The highest BCUT2D eigenvalue weighted by Gasteiger charge is 2.17. The molecule has 1 aromatic rings. The van der Waals surface area contributed by atoms with Crippen molar-refractivity contribution in [1.82, 2.24) is 0 Å². The van der Waals surface area contributed by atoms with E-state index in [4.69, 9.17) is 11.6 Å². The molecule has 0 saturated carbocycles. The number of Topliss-reactive ketones (excluding diaryl/α,β-unsaturated/α-hetero) is 1. The monoisotopic (exact) mass is 296 g/mol. The van der Waals surface area contributed by atoms with Crippen LogP contribution in [-0.2, 0) is 0 Å². The van der Waals surface area contributed by atoms with Crippen LogP contribution < -0.4 is 0 Å². The van der Waals surface area contributed by atoms with Gasteiger partial charge in [-0.2, -0.15) is 0 Å². The normalized spacial score (nSPS) is 10.4. The highest BCUT2D eigenvalue weighted by molar-refractivity contribution is 9.10. The van der Waals surface area contributed by atoms with E-state index in [0.717, 1.165) is 12.1 Å². The fraction of sp³-hybridized carbons (Fsp3) is 0.300. The number of hydrogen-bond acceptors (Lipinski definition) is 1. The largest absolute Gasteiger partial charge is 0.294 e. The number of carbonyl (C=O) groups is 1. The highest BCUT2D eigenvalue weighted by Crippen LogP contribution is 2.21. The summed E-state index contributed by atoms with van der Waals surface area (Å²) in [5.41, 5.74) is -0.483. The van der Waals surface area contributed by atoms with Crippen molar-refractivity contribution >= 4 is 33.3 Å². The van der Waals surface area contributed by atoms with Gasteiger partial charge in [-0.25, -0.2) is 8.78 Å². The quantitative estimate of drug-likeness (QED) is 0.608. The zero-order chi connectivity index (χ0) is 11.4. The Morgan fingerprint density at radius 1 is 1.33 bits per heavy atom. The molecule has 0 heterocycles. The Balaban J connectivity index is 2.98. The molecule has 0 aliphatic rings. The second-order valence-corrected chi connectivity index (χ2v) is 4.25. The zero-order valence-electron chi connectivity index (χ0n) is 7.70. The number of ketones is 1. The fourth-order valence-corrected chi connectivity index (χ4v) is 1.70. The molecule has 82 valence electrons. The van der Waals surface area contributed by atoms with Gasteiger partial charge < -0.3 is 0 Å². The Morgan fingerprint density at radius 3 is 2.33 bits per heavy atom. The Bertz CT molecular complexity index is 359. The minimum Gasteiger partial charge on any atom is -0.294 e. The summed E-state index contributed by atoms with van der Waals surface area (Å²) in [6.45, 7) is 0. The summed E-state index contributed by atoms with van der Waals surface area (Å²) in [5.74, 6) is -1.95. The van der Waals surface area contributed by atoms with Crippen LogP contribution >= 0.6 is 27.5 Å². The van der Waals surface area contributed by atoms with Crippen LogP contribution in [0.3, 0.4) is 0 Å². The maximum absolute atomic E-state index is 13.3. The van der Waals surface area contributed by atoms with Gasteiger partial charge >= 0.3 is 0 Å².